The van der Waals surface area contributed by atoms with Crippen LogP contribution in [0.4, 0.5) is 0 Å². The number of nitrogens with zero attached hydrogens (tertiary/aromatic N) is 3. The fourth-order valence-corrected chi connectivity index (χ4v) is 3.91. The van der Waals surface area contributed by atoms with Crippen molar-refractivity contribution < 1.29 is 15.1 Å². The molecule has 6 heteroatoms. The quantitative estimate of drug-likeness (QED) is 0.827. The standard InChI is InChI=1S/C23H23N3O3/c1-23(2)13-17(27)19(18(28)14-23)21-20(15-9-5-3-6-10-15)24-25-22(26(21)29)16-11-7-4-8-12-16/h3-12,21,27,29H,13-14H2,1-2H3. The predicted octanol–water partition coefficient (Wildman–Crippen LogP) is 4.11. The Morgan fingerprint density at radius 2 is 1.52 bits per heavy atom. The molecule has 0 bridgehead atoms. The molecule has 0 fully saturated rings. The number of amidine groups is 1. The molecule has 2 N–H and O–H groups in total. The molecule has 2 aromatic rings. The maximum Gasteiger partial charge on any atom is 0.182 e. The first-order chi connectivity index (χ1) is 13.9. The highest BCUT2D eigenvalue weighted by atomic mass is 16.5. The van der Waals surface area contributed by atoms with Gasteiger partial charge in [-0.05, 0) is 5.41 Å². The zero-order chi connectivity index (χ0) is 20.6. The third-order valence-electron chi connectivity index (χ3n) is 5.24. The van der Waals surface area contributed by atoms with E-state index in [0.717, 1.165) is 10.6 Å². The Labute approximate surface area is 169 Å². The van der Waals surface area contributed by atoms with Crippen molar-refractivity contribution in [2.45, 2.75) is 32.7 Å². The van der Waals surface area contributed by atoms with E-state index in [4.69, 9.17) is 0 Å². The van der Waals surface area contributed by atoms with Gasteiger partial charge in [0.15, 0.2) is 11.6 Å². The van der Waals surface area contributed by atoms with Crippen LogP contribution in [0.1, 0.15) is 37.8 Å². The number of allylic oxidation sites excluding steroid dienone is 1. The van der Waals surface area contributed by atoms with Crippen molar-refractivity contribution in [3.63, 3.8) is 0 Å². The summed E-state index contributed by atoms with van der Waals surface area (Å²) >= 11 is 0. The molecular weight excluding hydrogens is 366 g/mol. The topological polar surface area (TPSA) is 85.5 Å². The molecule has 1 atom stereocenters. The summed E-state index contributed by atoms with van der Waals surface area (Å²) in [5.41, 5.74) is 1.66. The molecule has 4 rings (SSSR count). The molecule has 0 radical (unpaired) electrons. The van der Waals surface area contributed by atoms with Crippen LogP contribution in [0.3, 0.4) is 0 Å². The second kappa shape index (κ2) is 7.29. The Morgan fingerprint density at radius 1 is 0.931 bits per heavy atom. The maximum absolute atomic E-state index is 13.0. The number of carbonyl (C=O) groups is 1. The van der Waals surface area contributed by atoms with Crippen LogP contribution in [0, 0.1) is 5.41 Å². The van der Waals surface area contributed by atoms with Crippen molar-refractivity contribution in [1.29, 1.82) is 0 Å². The van der Waals surface area contributed by atoms with Crippen LogP contribution in [0.2, 0.25) is 0 Å². The van der Waals surface area contributed by atoms with Crippen LogP contribution in [0.15, 0.2) is 82.2 Å². The molecule has 1 aliphatic carbocycles. The molecule has 0 saturated carbocycles. The number of aliphatic hydroxyl groups excluding tert-OH is 1. The van der Waals surface area contributed by atoms with E-state index in [0.29, 0.717) is 17.7 Å². The van der Waals surface area contributed by atoms with E-state index >= 15 is 0 Å². The SMILES string of the molecule is CC1(C)CC(=O)C(C2C(c3ccccc3)=NN=C(c3ccccc3)N2O)=C(O)C1. The molecule has 29 heavy (non-hydrogen) atoms. The van der Waals surface area contributed by atoms with Gasteiger partial charge in [-0.2, -0.15) is 5.10 Å². The Hall–Kier alpha value is -3.25. The minimum atomic E-state index is -0.936. The number of rotatable bonds is 3. The fraction of sp³-hybridized carbons (Fsp3) is 0.261. The lowest BCUT2D eigenvalue weighted by atomic mass is 9.74. The van der Waals surface area contributed by atoms with Gasteiger partial charge in [-0.3, -0.25) is 10.0 Å². The van der Waals surface area contributed by atoms with E-state index in [9.17, 15) is 15.1 Å². The molecule has 1 aliphatic heterocycles. The fourth-order valence-electron chi connectivity index (χ4n) is 3.91. The van der Waals surface area contributed by atoms with E-state index < -0.39 is 6.04 Å². The van der Waals surface area contributed by atoms with Crippen molar-refractivity contribution >= 4 is 17.3 Å². The highest BCUT2D eigenvalue weighted by Gasteiger charge is 2.43. The first kappa shape index (κ1) is 19.1. The summed E-state index contributed by atoms with van der Waals surface area (Å²) in [5, 5.41) is 31.5. The molecule has 6 nitrogen and oxygen atoms in total. The van der Waals surface area contributed by atoms with Crippen LogP contribution < -0.4 is 0 Å². The minimum absolute atomic E-state index is 0.00626. The summed E-state index contributed by atoms with van der Waals surface area (Å²) < 4.78 is 0. The van der Waals surface area contributed by atoms with Crippen molar-refractivity contribution in [1.82, 2.24) is 5.06 Å². The normalized spacial score (nSPS) is 21.7. The van der Waals surface area contributed by atoms with Crippen LogP contribution in [-0.2, 0) is 4.79 Å². The lowest BCUT2D eigenvalue weighted by Gasteiger charge is -2.37. The zero-order valence-corrected chi connectivity index (χ0v) is 16.4. The third kappa shape index (κ3) is 3.59. The van der Waals surface area contributed by atoms with Gasteiger partial charge in [0.25, 0.3) is 0 Å². The average Bonchev–Trinajstić information content (AvgIpc) is 2.69. The van der Waals surface area contributed by atoms with Gasteiger partial charge in [0.2, 0.25) is 0 Å². The number of hydrogen-bond donors (Lipinski definition) is 2. The zero-order valence-electron chi connectivity index (χ0n) is 16.4. The second-order valence-electron chi connectivity index (χ2n) is 8.19. The number of carbonyl (C=O) groups excluding carboxylic acids is 1. The molecule has 1 heterocycles. The number of hydrogen-bond acceptors (Lipinski definition) is 6. The monoisotopic (exact) mass is 389 g/mol. The van der Waals surface area contributed by atoms with Gasteiger partial charge in [0, 0.05) is 24.0 Å². The minimum Gasteiger partial charge on any atom is -0.512 e. The lowest BCUT2D eigenvalue weighted by Crippen LogP contribution is -2.50. The summed E-state index contributed by atoms with van der Waals surface area (Å²) in [7, 11) is 0. The molecule has 0 spiro atoms. The van der Waals surface area contributed by atoms with Crippen LogP contribution in [-0.4, -0.2) is 38.7 Å². The van der Waals surface area contributed by atoms with Gasteiger partial charge in [-0.1, -0.05) is 74.5 Å². The third-order valence-corrected chi connectivity index (χ3v) is 5.24. The summed E-state index contributed by atoms with van der Waals surface area (Å²) in [6.07, 6.45) is 0.648. The second-order valence-corrected chi connectivity index (χ2v) is 8.19. The first-order valence-electron chi connectivity index (χ1n) is 9.57. The van der Waals surface area contributed by atoms with Crippen molar-refractivity contribution in [3.05, 3.63) is 83.1 Å². The first-order valence-corrected chi connectivity index (χ1v) is 9.57. The van der Waals surface area contributed by atoms with E-state index in [-0.39, 0.29) is 34.8 Å². The Morgan fingerprint density at radius 3 is 2.10 bits per heavy atom. The van der Waals surface area contributed by atoms with Gasteiger partial charge in [-0.25, -0.2) is 5.06 Å². The molecule has 1 unspecified atom stereocenters. The summed E-state index contributed by atoms with van der Waals surface area (Å²) in [5.74, 6) is 0.0298. The molecule has 0 saturated heterocycles. The number of aliphatic hydroxyl groups is 1. The lowest BCUT2D eigenvalue weighted by molar-refractivity contribution is -0.120. The number of benzene rings is 2. The van der Waals surface area contributed by atoms with Crippen LogP contribution >= 0.6 is 0 Å². The Balaban J connectivity index is 1.87. The van der Waals surface area contributed by atoms with Crippen molar-refractivity contribution in [2.24, 2.45) is 15.6 Å². The molecular formula is C23H23N3O3. The molecule has 0 amide bonds. The highest BCUT2D eigenvalue weighted by molar-refractivity contribution is 6.16. The summed E-state index contributed by atoms with van der Waals surface area (Å²) in [6.45, 7) is 3.89. The van der Waals surface area contributed by atoms with Gasteiger partial charge in [0.1, 0.15) is 17.5 Å². The van der Waals surface area contributed by atoms with Crippen molar-refractivity contribution in [3.8, 4) is 0 Å². The van der Waals surface area contributed by atoms with Crippen molar-refractivity contribution in [2.75, 3.05) is 0 Å². The number of hydroxylamine groups is 2. The molecule has 148 valence electrons. The molecule has 2 aliphatic rings. The summed E-state index contributed by atoms with van der Waals surface area (Å²) in [4.78, 5) is 13.0. The van der Waals surface area contributed by atoms with E-state index in [2.05, 4.69) is 10.2 Å². The van der Waals surface area contributed by atoms with E-state index in [1.807, 2.05) is 74.5 Å². The number of ketones is 1. The van der Waals surface area contributed by atoms with Gasteiger partial charge in [-0.15, -0.1) is 5.10 Å². The predicted molar refractivity (Wildman–Crippen MR) is 111 cm³/mol. The van der Waals surface area contributed by atoms with Gasteiger partial charge in [0.05, 0.1) is 5.57 Å². The largest absolute Gasteiger partial charge is 0.512 e. The van der Waals surface area contributed by atoms with Crippen LogP contribution in [0.25, 0.3) is 0 Å². The average molecular weight is 389 g/mol. The maximum atomic E-state index is 13.0. The smallest absolute Gasteiger partial charge is 0.182 e. The van der Waals surface area contributed by atoms with Gasteiger partial charge < -0.3 is 5.11 Å². The summed E-state index contributed by atoms with van der Waals surface area (Å²) in [6, 6.07) is 17.5. The highest BCUT2D eigenvalue weighted by Crippen LogP contribution is 2.39. The molecule has 2 aromatic carbocycles. The van der Waals surface area contributed by atoms with E-state index in [1.165, 1.54) is 0 Å². The Kier molecular flexibility index (Phi) is 4.80. The Bertz CT molecular complexity index is 1020. The van der Waals surface area contributed by atoms with Gasteiger partial charge >= 0.3 is 0 Å². The number of Topliss-reactive ketones (excluding diaryl/α,β-unsaturated/α-hetero) is 1. The molecule has 0 aromatic heterocycles. The van der Waals surface area contributed by atoms with Crippen LogP contribution in [0.5, 0.6) is 0 Å². The van der Waals surface area contributed by atoms with E-state index in [1.54, 1.807) is 0 Å².